The second kappa shape index (κ2) is 6.65. The van der Waals surface area contributed by atoms with Crippen molar-refractivity contribution in [2.24, 2.45) is 0 Å². The second-order valence-corrected chi connectivity index (χ2v) is 5.18. The van der Waals surface area contributed by atoms with Crippen molar-refractivity contribution in [1.29, 1.82) is 0 Å². The van der Waals surface area contributed by atoms with Crippen LogP contribution in [0.3, 0.4) is 0 Å². The molecule has 4 nitrogen and oxygen atoms in total. The molecule has 1 aliphatic rings. The smallest absolute Gasteiger partial charge is 0.550 e. The summed E-state index contributed by atoms with van der Waals surface area (Å²) in [6.07, 6.45) is 0. The van der Waals surface area contributed by atoms with Crippen molar-refractivity contribution in [3.05, 3.63) is 65.2 Å². The minimum atomic E-state index is -1.10. The van der Waals surface area contributed by atoms with E-state index in [1.165, 1.54) is 0 Å². The number of carboxylic acids is 1. The summed E-state index contributed by atoms with van der Waals surface area (Å²) < 4.78 is 0. The van der Waals surface area contributed by atoms with Gasteiger partial charge in [-0.15, -0.1) is 0 Å². The summed E-state index contributed by atoms with van der Waals surface area (Å²) in [5.41, 5.74) is 3.17. The van der Waals surface area contributed by atoms with E-state index in [9.17, 15) is 14.7 Å². The number of nitrogens with zero attached hydrogens (tertiary/aromatic N) is 1. The van der Waals surface area contributed by atoms with Gasteiger partial charge in [0.1, 0.15) is 0 Å². The second-order valence-electron chi connectivity index (χ2n) is 5.18. The largest absolute Gasteiger partial charge is 1.00 e. The fourth-order valence-corrected chi connectivity index (χ4v) is 2.54. The van der Waals surface area contributed by atoms with Crippen LogP contribution >= 0.6 is 0 Å². The van der Waals surface area contributed by atoms with Gasteiger partial charge in [0, 0.05) is 23.1 Å². The maximum atomic E-state index is 12.3. The number of fused-ring (bicyclic) bond motifs is 1. The molecule has 0 bridgehead atoms. The fraction of sp³-hybridized carbons (Fsp3) is 0.176. The molecule has 3 rings (SSSR count). The van der Waals surface area contributed by atoms with E-state index >= 15 is 0 Å². The summed E-state index contributed by atoms with van der Waals surface area (Å²) in [7, 11) is 0. The minimum Gasteiger partial charge on any atom is -0.550 e. The first-order valence-electron chi connectivity index (χ1n) is 6.78. The molecule has 0 saturated heterocycles. The Morgan fingerprint density at radius 2 is 1.77 bits per heavy atom. The summed E-state index contributed by atoms with van der Waals surface area (Å²) in [6.45, 7) is 2.13. The van der Waals surface area contributed by atoms with Gasteiger partial charge in [0.25, 0.3) is 5.91 Å². The molecule has 0 unspecified atom stereocenters. The third kappa shape index (κ3) is 2.95. The monoisotopic (exact) mass is 303 g/mol. The number of carbonyl (C=O) groups is 2. The van der Waals surface area contributed by atoms with Gasteiger partial charge in [-0.25, -0.2) is 0 Å². The van der Waals surface area contributed by atoms with Crippen molar-refractivity contribution in [3.63, 3.8) is 0 Å². The van der Waals surface area contributed by atoms with Crippen LogP contribution in [0.4, 0.5) is 5.69 Å². The van der Waals surface area contributed by atoms with E-state index in [-0.39, 0.29) is 35.5 Å². The molecule has 1 amide bonds. The van der Waals surface area contributed by atoms with Gasteiger partial charge in [-0.1, -0.05) is 37.3 Å². The van der Waals surface area contributed by atoms with Crippen LogP contribution in [0.25, 0.3) is 0 Å². The van der Waals surface area contributed by atoms with Crippen LogP contribution in [0.5, 0.6) is 0 Å². The normalized spacial score (nSPS) is 14.2. The van der Waals surface area contributed by atoms with Gasteiger partial charge in [-0.3, -0.25) is 4.79 Å². The maximum absolute atomic E-state index is 12.3. The van der Waals surface area contributed by atoms with Crippen LogP contribution in [0, 0.1) is 0 Å². The molecule has 0 N–H and O–H groups in total. The van der Waals surface area contributed by atoms with E-state index in [4.69, 9.17) is 0 Å². The molecule has 0 saturated carbocycles. The predicted molar refractivity (Wildman–Crippen MR) is 76.8 cm³/mol. The first-order valence-corrected chi connectivity index (χ1v) is 6.78. The zero-order chi connectivity index (χ0) is 15.0. The standard InChI is InChI=1S/C17H15NO3.Na/c1-11(17(20)21)12-6-8-14(9-7-12)18-10-13-4-2-3-5-15(13)16(18)19;/h2-9,11H,10H2,1H3,(H,20,21);/q;+1/p-1/t11-;/m0./s1. The first kappa shape index (κ1) is 16.7. The Kier molecular flexibility index (Phi) is 5.06. The zero-order valence-electron chi connectivity index (χ0n) is 12.6. The van der Waals surface area contributed by atoms with Crippen molar-refractivity contribution in [3.8, 4) is 0 Å². The van der Waals surface area contributed by atoms with Gasteiger partial charge in [0.05, 0.1) is 6.54 Å². The molecule has 0 aromatic heterocycles. The van der Waals surface area contributed by atoms with Crippen LogP contribution < -0.4 is 39.6 Å². The van der Waals surface area contributed by atoms with Gasteiger partial charge < -0.3 is 14.8 Å². The quantitative estimate of drug-likeness (QED) is 0.663. The molecule has 2 aromatic rings. The van der Waals surface area contributed by atoms with Crippen molar-refractivity contribution in [2.45, 2.75) is 19.4 Å². The third-order valence-electron chi connectivity index (χ3n) is 3.88. The van der Waals surface area contributed by atoms with Gasteiger partial charge >= 0.3 is 29.6 Å². The molecule has 0 fully saturated rings. The Labute approximate surface area is 151 Å². The van der Waals surface area contributed by atoms with Crippen molar-refractivity contribution < 1.29 is 44.3 Å². The third-order valence-corrected chi connectivity index (χ3v) is 3.88. The molecule has 106 valence electrons. The molecule has 1 heterocycles. The number of anilines is 1. The zero-order valence-corrected chi connectivity index (χ0v) is 14.6. The molecule has 1 aliphatic heterocycles. The SMILES string of the molecule is C[C@H](C(=O)[O-])c1ccc(N2Cc3ccccc3C2=O)cc1.[Na+]. The van der Waals surface area contributed by atoms with Crippen LogP contribution in [0.15, 0.2) is 48.5 Å². The summed E-state index contributed by atoms with van der Waals surface area (Å²) >= 11 is 0. The van der Waals surface area contributed by atoms with E-state index in [0.29, 0.717) is 12.1 Å². The summed E-state index contributed by atoms with van der Waals surface area (Å²) in [6, 6.07) is 14.5. The molecule has 1 atom stereocenters. The number of aliphatic carboxylic acids is 1. The molecule has 22 heavy (non-hydrogen) atoms. The van der Waals surface area contributed by atoms with Crippen LogP contribution in [-0.2, 0) is 11.3 Å². The van der Waals surface area contributed by atoms with E-state index in [0.717, 1.165) is 16.8 Å². The Balaban J connectivity index is 0.00000176. The van der Waals surface area contributed by atoms with E-state index in [1.807, 2.05) is 24.3 Å². The molecular formula is C17H14NNaO3. The summed E-state index contributed by atoms with van der Waals surface area (Å²) in [5.74, 6) is -1.79. The number of hydrogen-bond donors (Lipinski definition) is 0. The van der Waals surface area contributed by atoms with Gasteiger partial charge in [-0.05, 0) is 29.3 Å². The Morgan fingerprint density at radius 1 is 1.14 bits per heavy atom. The number of benzene rings is 2. The van der Waals surface area contributed by atoms with Gasteiger partial charge in [0.15, 0.2) is 0 Å². The Hall–Kier alpha value is -1.62. The number of carbonyl (C=O) groups excluding carboxylic acids is 2. The van der Waals surface area contributed by atoms with E-state index in [2.05, 4.69) is 0 Å². The molecule has 0 aliphatic carbocycles. The summed E-state index contributed by atoms with van der Waals surface area (Å²) in [5, 5.41) is 10.9. The average molecular weight is 303 g/mol. The van der Waals surface area contributed by atoms with Crippen LogP contribution in [0.1, 0.15) is 34.3 Å². The topological polar surface area (TPSA) is 60.4 Å². The molecule has 2 aromatic carbocycles. The van der Waals surface area contributed by atoms with Crippen LogP contribution in [0.2, 0.25) is 0 Å². The predicted octanol–water partition coefficient (Wildman–Crippen LogP) is -1.30. The van der Waals surface area contributed by atoms with Gasteiger partial charge in [0.2, 0.25) is 0 Å². The number of rotatable bonds is 3. The Morgan fingerprint density at radius 3 is 2.36 bits per heavy atom. The van der Waals surface area contributed by atoms with E-state index < -0.39 is 11.9 Å². The molecule has 5 heteroatoms. The molecule has 0 spiro atoms. The fourth-order valence-electron chi connectivity index (χ4n) is 2.54. The van der Waals surface area contributed by atoms with Crippen molar-refractivity contribution in [2.75, 3.05) is 4.90 Å². The molecular weight excluding hydrogens is 289 g/mol. The Bertz CT molecular complexity index is 712. The minimum absolute atomic E-state index is 0. The van der Waals surface area contributed by atoms with Gasteiger partial charge in [-0.2, -0.15) is 0 Å². The summed E-state index contributed by atoms with van der Waals surface area (Å²) in [4.78, 5) is 24.9. The number of carboxylic acid groups (broad SMARTS) is 1. The number of hydrogen-bond acceptors (Lipinski definition) is 3. The first-order chi connectivity index (χ1) is 10.1. The van der Waals surface area contributed by atoms with Crippen molar-refractivity contribution >= 4 is 17.6 Å². The number of amides is 1. The van der Waals surface area contributed by atoms with Crippen molar-refractivity contribution in [1.82, 2.24) is 0 Å². The maximum Gasteiger partial charge on any atom is 1.00 e. The van der Waals surface area contributed by atoms with Crippen LogP contribution in [-0.4, -0.2) is 11.9 Å². The average Bonchev–Trinajstić information content (AvgIpc) is 2.84. The molecule has 0 radical (unpaired) electrons. The van der Waals surface area contributed by atoms with E-state index in [1.54, 1.807) is 36.1 Å².